The Kier molecular flexibility index (Phi) is 6.25. The third-order valence-electron chi connectivity index (χ3n) is 5.51. The Balaban J connectivity index is 1.55. The number of hydrogen-bond donors (Lipinski definition) is 1. The second-order valence-electron chi connectivity index (χ2n) is 7.90. The highest BCUT2D eigenvalue weighted by molar-refractivity contribution is 6.06. The van der Waals surface area contributed by atoms with Crippen LogP contribution in [-0.4, -0.2) is 45.3 Å². The van der Waals surface area contributed by atoms with Crippen molar-refractivity contribution in [2.24, 2.45) is 0 Å². The van der Waals surface area contributed by atoms with Gasteiger partial charge in [0.15, 0.2) is 11.5 Å². The van der Waals surface area contributed by atoms with Gasteiger partial charge < -0.3 is 10.1 Å². The molecule has 8 nitrogen and oxygen atoms in total. The molecule has 31 heavy (non-hydrogen) atoms. The van der Waals surface area contributed by atoms with Crippen LogP contribution in [0.5, 0.6) is 0 Å². The number of nitrogens with one attached hydrogen (secondary N) is 1. The number of esters is 1. The number of ether oxygens (including phenoxy) is 1. The Morgan fingerprint density at radius 2 is 2.06 bits per heavy atom. The van der Waals surface area contributed by atoms with E-state index < -0.39 is 0 Å². The molecule has 1 N–H and O–H groups in total. The fourth-order valence-electron chi connectivity index (χ4n) is 3.68. The van der Waals surface area contributed by atoms with Gasteiger partial charge in [0.25, 0.3) is 5.91 Å². The van der Waals surface area contributed by atoms with E-state index in [1.54, 1.807) is 10.9 Å². The van der Waals surface area contributed by atoms with E-state index in [0.29, 0.717) is 35.9 Å². The zero-order valence-electron chi connectivity index (χ0n) is 17.9. The van der Waals surface area contributed by atoms with E-state index in [4.69, 9.17) is 4.98 Å². The second-order valence-corrected chi connectivity index (χ2v) is 7.90. The Hall–Kier alpha value is -3.29. The lowest BCUT2D eigenvalue weighted by Gasteiger charge is -2.09. The molecule has 3 aromatic heterocycles. The van der Waals surface area contributed by atoms with Crippen molar-refractivity contribution in [1.82, 2.24) is 25.1 Å². The van der Waals surface area contributed by atoms with Crippen LogP contribution >= 0.6 is 0 Å². The van der Waals surface area contributed by atoms with E-state index in [2.05, 4.69) is 20.1 Å². The van der Waals surface area contributed by atoms with Gasteiger partial charge in [-0.15, -0.1) is 0 Å². The van der Waals surface area contributed by atoms with Gasteiger partial charge >= 0.3 is 5.97 Å². The molecule has 4 rings (SSSR count). The molecule has 0 radical (unpaired) electrons. The van der Waals surface area contributed by atoms with Gasteiger partial charge in [-0.2, -0.15) is 9.78 Å². The summed E-state index contributed by atoms with van der Waals surface area (Å²) in [7, 11) is 1.39. The molecule has 0 atom stereocenters. The zero-order valence-corrected chi connectivity index (χ0v) is 17.9. The highest BCUT2D eigenvalue weighted by Crippen LogP contribution is 2.40. The Bertz CT molecular complexity index is 1090. The van der Waals surface area contributed by atoms with Crippen LogP contribution in [0.25, 0.3) is 16.9 Å². The molecule has 3 aromatic rings. The average molecular weight is 422 g/mol. The van der Waals surface area contributed by atoms with E-state index in [-0.39, 0.29) is 11.9 Å². The molecule has 1 aliphatic carbocycles. The molecule has 0 saturated heterocycles. The van der Waals surface area contributed by atoms with Crippen LogP contribution in [-0.2, 0) is 9.53 Å². The van der Waals surface area contributed by atoms with E-state index in [9.17, 15) is 9.59 Å². The lowest BCUT2D eigenvalue weighted by molar-refractivity contribution is -0.140. The van der Waals surface area contributed by atoms with Crippen molar-refractivity contribution in [1.29, 1.82) is 0 Å². The van der Waals surface area contributed by atoms with Gasteiger partial charge in [0, 0.05) is 30.8 Å². The molecule has 162 valence electrons. The maximum atomic E-state index is 13.1. The molecule has 0 aromatic carbocycles. The van der Waals surface area contributed by atoms with Crippen LogP contribution in [0.15, 0.2) is 30.5 Å². The number of amides is 1. The van der Waals surface area contributed by atoms with Gasteiger partial charge in [-0.25, -0.2) is 9.97 Å². The Labute approximate surface area is 181 Å². The summed E-state index contributed by atoms with van der Waals surface area (Å²) in [6, 6.07) is 7.56. The van der Waals surface area contributed by atoms with Gasteiger partial charge in [-0.1, -0.05) is 12.5 Å². The minimum absolute atomic E-state index is 0.120. The maximum Gasteiger partial charge on any atom is 0.305 e. The molecule has 1 fully saturated rings. The number of rotatable bonds is 9. The van der Waals surface area contributed by atoms with Gasteiger partial charge in [0.05, 0.1) is 23.8 Å². The van der Waals surface area contributed by atoms with Crippen LogP contribution in [0, 0.1) is 6.92 Å². The van der Waals surface area contributed by atoms with E-state index in [0.717, 1.165) is 48.9 Å². The first-order valence-electron chi connectivity index (χ1n) is 10.7. The van der Waals surface area contributed by atoms with Gasteiger partial charge in [-0.3, -0.25) is 9.59 Å². The molecule has 8 heteroatoms. The number of aryl methyl sites for hydroxylation is 1. The Morgan fingerprint density at radius 1 is 1.23 bits per heavy atom. The number of carbonyl (C=O) groups is 2. The molecule has 1 aliphatic rings. The van der Waals surface area contributed by atoms with Crippen molar-refractivity contribution < 1.29 is 14.3 Å². The SMILES string of the molecule is COC(=O)CCCCCNC(=O)c1cc(C2CC2)nc2c1c(C)nn2-c1ccccn1. The van der Waals surface area contributed by atoms with E-state index in [1.807, 2.05) is 31.2 Å². The summed E-state index contributed by atoms with van der Waals surface area (Å²) in [5, 5.41) is 8.42. The molecule has 0 spiro atoms. The predicted molar refractivity (Wildman–Crippen MR) is 116 cm³/mol. The standard InChI is InChI=1S/C23H27N5O3/c1-15-21-17(23(30)25-13-6-3-4-9-20(29)31-2)14-18(16-10-11-16)26-22(21)28(27-15)19-8-5-7-12-24-19/h5,7-8,12,14,16H,3-4,6,9-11,13H2,1-2H3,(H,25,30). The summed E-state index contributed by atoms with van der Waals surface area (Å²) in [5.74, 6) is 0.766. The smallest absolute Gasteiger partial charge is 0.305 e. The van der Waals surface area contributed by atoms with E-state index >= 15 is 0 Å². The van der Waals surface area contributed by atoms with Crippen molar-refractivity contribution in [3.63, 3.8) is 0 Å². The molecule has 1 saturated carbocycles. The van der Waals surface area contributed by atoms with E-state index in [1.165, 1.54) is 7.11 Å². The van der Waals surface area contributed by atoms with Gasteiger partial charge in [0.1, 0.15) is 0 Å². The van der Waals surface area contributed by atoms with Crippen molar-refractivity contribution in [2.75, 3.05) is 13.7 Å². The number of carbonyl (C=O) groups excluding carboxylic acids is 2. The summed E-state index contributed by atoms with van der Waals surface area (Å²) in [4.78, 5) is 33.5. The maximum absolute atomic E-state index is 13.1. The Morgan fingerprint density at radius 3 is 2.77 bits per heavy atom. The molecular weight excluding hydrogens is 394 g/mol. The highest BCUT2D eigenvalue weighted by Gasteiger charge is 2.29. The van der Waals surface area contributed by atoms with Crippen molar-refractivity contribution in [3.8, 4) is 5.82 Å². The van der Waals surface area contributed by atoms with Crippen molar-refractivity contribution in [2.45, 2.75) is 51.4 Å². The molecular formula is C23H27N5O3. The molecule has 0 unspecified atom stereocenters. The first-order valence-corrected chi connectivity index (χ1v) is 10.7. The van der Waals surface area contributed by atoms with Crippen LogP contribution in [0.1, 0.15) is 66.2 Å². The molecule has 3 heterocycles. The topological polar surface area (TPSA) is 99.0 Å². The van der Waals surface area contributed by atoms with Crippen molar-refractivity contribution in [3.05, 3.63) is 47.4 Å². The minimum atomic E-state index is -0.198. The first-order chi connectivity index (χ1) is 15.1. The first kappa shape index (κ1) is 21.0. The third kappa shape index (κ3) is 4.73. The van der Waals surface area contributed by atoms with Crippen LogP contribution in [0.3, 0.4) is 0 Å². The van der Waals surface area contributed by atoms with Crippen LogP contribution in [0.4, 0.5) is 0 Å². The van der Waals surface area contributed by atoms with Gasteiger partial charge in [-0.05, 0) is 50.8 Å². The van der Waals surface area contributed by atoms with Gasteiger partial charge in [0.2, 0.25) is 0 Å². The fourth-order valence-corrected chi connectivity index (χ4v) is 3.68. The number of pyridine rings is 2. The number of nitrogens with zero attached hydrogens (tertiary/aromatic N) is 4. The molecule has 0 aliphatic heterocycles. The zero-order chi connectivity index (χ0) is 21.8. The summed E-state index contributed by atoms with van der Waals surface area (Å²) in [6.07, 6.45) is 6.73. The predicted octanol–water partition coefficient (Wildman–Crippen LogP) is 3.46. The summed E-state index contributed by atoms with van der Waals surface area (Å²) in [6.45, 7) is 2.44. The lowest BCUT2D eigenvalue weighted by Crippen LogP contribution is -2.25. The summed E-state index contributed by atoms with van der Waals surface area (Å²) < 4.78 is 6.37. The minimum Gasteiger partial charge on any atom is -0.469 e. The largest absolute Gasteiger partial charge is 0.469 e. The third-order valence-corrected chi connectivity index (χ3v) is 5.51. The number of hydrogen-bond acceptors (Lipinski definition) is 6. The normalized spacial score (nSPS) is 13.4. The quantitative estimate of drug-likeness (QED) is 0.420. The van der Waals surface area contributed by atoms with Crippen LogP contribution in [0.2, 0.25) is 0 Å². The fraction of sp³-hybridized carbons (Fsp3) is 0.435. The average Bonchev–Trinajstić information content (AvgIpc) is 3.59. The lowest BCUT2D eigenvalue weighted by atomic mass is 10.1. The number of aromatic nitrogens is 4. The van der Waals surface area contributed by atoms with Crippen LogP contribution < -0.4 is 5.32 Å². The monoisotopic (exact) mass is 421 g/mol. The number of methoxy groups -OCH3 is 1. The number of fused-ring (bicyclic) bond motifs is 1. The molecule has 1 amide bonds. The summed E-state index contributed by atoms with van der Waals surface area (Å²) in [5.41, 5.74) is 2.97. The number of unbranched alkanes of at least 4 members (excludes halogenated alkanes) is 2. The second kappa shape index (κ2) is 9.24. The molecule has 0 bridgehead atoms. The van der Waals surface area contributed by atoms with Crippen molar-refractivity contribution >= 4 is 22.9 Å². The summed E-state index contributed by atoms with van der Waals surface area (Å²) >= 11 is 0. The highest BCUT2D eigenvalue weighted by atomic mass is 16.5.